The molecule has 0 fully saturated rings. The molecule has 46 heavy (non-hydrogen) atoms. The minimum Gasteiger partial charge on any atom is -0.379 e. The van der Waals surface area contributed by atoms with Crippen LogP contribution in [0.4, 0.5) is 0 Å². The molecule has 0 bridgehead atoms. The molecular formula is C36H74O10. The third kappa shape index (κ3) is 43.6. The van der Waals surface area contributed by atoms with Gasteiger partial charge in [0.15, 0.2) is 0 Å². The summed E-state index contributed by atoms with van der Waals surface area (Å²) >= 11 is 0. The summed E-state index contributed by atoms with van der Waals surface area (Å²) in [5, 5.41) is 0. The van der Waals surface area contributed by atoms with Crippen molar-refractivity contribution in [2.24, 2.45) is 0 Å². The van der Waals surface area contributed by atoms with Crippen LogP contribution in [0.5, 0.6) is 0 Å². The Hall–Kier alpha value is -0.400. The third-order valence-electron chi connectivity index (χ3n) is 7.13. The first-order valence-electron chi connectivity index (χ1n) is 18.7. The van der Waals surface area contributed by atoms with Gasteiger partial charge in [0.05, 0.1) is 119 Å². The number of unbranched alkanes of at least 4 members (excludes halogenated alkanes) is 12. The summed E-state index contributed by atoms with van der Waals surface area (Å²) in [6.07, 6.45) is 18.5. The first-order chi connectivity index (χ1) is 22.9. The van der Waals surface area contributed by atoms with Crippen molar-refractivity contribution < 1.29 is 47.4 Å². The molecule has 0 aliphatic rings. The smallest absolute Gasteiger partial charge is 0.0701 e. The van der Waals surface area contributed by atoms with Gasteiger partial charge in [-0.2, -0.15) is 0 Å². The van der Waals surface area contributed by atoms with Crippen molar-refractivity contribution in [3.8, 4) is 0 Å². The summed E-state index contributed by atoms with van der Waals surface area (Å²) in [6.45, 7) is 16.3. The standard InChI is InChI=1S/C36H74O10/c1-3-5-7-8-9-10-11-12-13-14-16-18-38-20-22-40-24-26-42-28-30-44-32-34-46-36-35-45-33-31-43-29-27-41-25-23-39-21-19-37-17-15-6-4-2/h3-36H2,1-2H3. The molecule has 0 saturated carbocycles. The molecule has 0 heterocycles. The Morgan fingerprint density at radius 2 is 0.326 bits per heavy atom. The summed E-state index contributed by atoms with van der Waals surface area (Å²) < 4.78 is 55.2. The van der Waals surface area contributed by atoms with Crippen LogP contribution in [-0.4, -0.2) is 132 Å². The van der Waals surface area contributed by atoms with Gasteiger partial charge in [-0.3, -0.25) is 0 Å². The monoisotopic (exact) mass is 667 g/mol. The molecule has 0 saturated heterocycles. The minimum absolute atomic E-state index is 0.535. The molecule has 10 heteroatoms. The molecule has 0 unspecified atom stereocenters. The van der Waals surface area contributed by atoms with Crippen LogP contribution in [-0.2, 0) is 47.4 Å². The van der Waals surface area contributed by atoms with E-state index in [0.717, 1.165) is 26.1 Å². The van der Waals surface area contributed by atoms with Crippen molar-refractivity contribution in [1.82, 2.24) is 0 Å². The van der Waals surface area contributed by atoms with Gasteiger partial charge in [-0.1, -0.05) is 90.9 Å². The highest BCUT2D eigenvalue weighted by Gasteiger charge is 1.97. The molecule has 0 atom stereocenters. The Balaban J connectivity index is 3.03. The van der Waals surface area contributed by atoms with Crippen LogP contribution in [0.15, 0.2) is 0 Å². The molecule has 0 aromatic heterocycles. The molecule has 0 aromatic rings. The second-order valence-corrected chi connectivity index (χ2v) is 11.4. The summed E-state index contributed by atoms with van der Waals surface area (Å²) in [7, 11) is 0. The molecule has 10 nitrogen and oxygen atoms in total. The van der Waals surface area contributed by atoms with Crippen LogP contribution in [0.2, 0.25) is 0 Å². The van der Waals surface area contributed by atoms with Gasteiger partial charge in [0.2, 0.25) is 0 Å². The van der Waals surface area contributed by atoms with Crippen molar-refractivity contribution in [2.45, 2.75) is 104 Å². The van der Waals surface area contributed by atoms with Crippen molar-refractivity contribution in [2.75, 3.05) is 132 Å². The van der Waals surface area contributed by atoms with Crippen LogP contribution in [0.3, 0.4) is 0 Å². The third-order valence-corrected chi connectivity index (χ3v) is 7.13. The largest absolute Gasteiger partial charge is 0.379 e. The molecule has 0 aliphatic carbocycles. The average molecular weight is 667 g/mol. The number of hydrogen-bond donors (Lipinski definition) is 0. The SMILES string of the molecule is CCCCCCCCCCCCCOCCOCCOCCOCCOCCOCCOCCOCCOCCOCCCCC. The summed E-state index contributed by atoms with van der Waals surface area (Å²) in [6, 6.07) is 0. The predicted octanol–water partition coefficient (Wildman–Crippen LogP) is 6.65. The molecule has 0 amide bonds. The minimum atomic E-state index is 0.535. The first kappa shape index (κ1) is 45.6. The number of ether oxygens (including phenoxy) is 10. The lowest BCUT2D eigenvalue weighted by molar-refractivity contribution is -0.0264. The fraction of sp³-hybridized carbons (Fsp3) is 1.00. The van der Waals surface area contributed by atoms with Gasteiger partial charge in [0.25, 0.3) is 0 Å². The van der Waals surface area contributed by atoms with E-state index in [1.807, 2.05) is 0 Å². The second kappa shape index (κ2) is 44.6. The average Bonchev–Trinajstić information content (AvgIpc) is 3.07. The van der Waals surface area contributed by atoms with E-state index < -0.39 is 0 Å². The lowest BCUT2D eigenvalue weighted by Gasteiger charge is -2.09. The predicted molar refractivity (Wildman–Crippen MR) is 184 cm³/mol. The van der Waals surface area contributed by atoms with E-state index in [4.69, 9.17) is 47.4 Å². The van der Waals surface area contributed by atoms with Crippen molar-refractivity contribution in [3.63, 3.8) is 0 Å². The Labute approximate surface area is 283 Å². The fourth-order valence-electron chi connectivity index (χ4n) is 4.40. The van der Waals surface area contributed by atoms with E-state index in [1.165, 1.54) is 77.0 Å². The summed E-state index contributed by atoms with van der Waals surface area (Å²) in [5.74, 6) is 0. The van der Waals surface area contributed by atoms with E-state index in [2.05, 4.69) is 13.8 Å². The fourth-order valence-corrected chi connectivity index (χ4v) is 4.40. The highest BCUT2D eigenvalue weighted by Crippen LogP contribution is 2.11. The Morgan fingerprint density at radius 1 is 0.174 bits per heavy atom. The van der Waals surface area contributed by atoms with Gasteiger partial charge in [-0.15, -0.1) is 0 Å². The molecule has 0 radical (unpaired) electrons. The van der Waals surface area contributed by atoms with Crippen molar-refractivity contribution in [3.05, 3.63) is 0 Å². The lowest BCUT2D eigenvalue weighted by Crippen LogP contribution is -2.15. The van der Waals surface area contributed by atoms with E-state index in [-0.39, 0.29) is 0 Å². The molecule has 0 aliphatic heterocycles. The van der Waals surface area contributed by atoms with Gasteiger partial charge < -0.3 is 47.4 Å². The maximum atomic E-state index is 5.66. The zero-order valence-corrected chi connectivity index (χ0v) is 30.1. The second-order valence-electron chi connectivity index (χ2n) is 11.4. The molecule has 278 valence electrons. The van der Waals surface area contributed by atoms with Crippen LogP contribution in [0.1, 0.15) is 104 Å². The maximum Gasteiger partial charge on any atom is 0.0701 e. The van der Waals surface area contributed by atoms with E-state index in [0.29, 0.717) is 119 Å². The zero-order chi connectivity index (χ0) is 33.1. The van der Waals surface area contributed by atoms with Crippen LogP contribution >= 0.6 is 0 Å². The normalized spacial score (nSPS) is 11.6. The lowest BCUT2D eigenvalue weighted by atomic mass is 10.1. The van der Waals surface area contributed by atoms with Gasteiger partial charge in [-0.05, 0) is 12.8 Å². The van der Waals surface area contributed by atoms with Crippen LogP contribution in [0, 0.1) is 0 Å². The summed E-state index contributed by atoms with van der Waals surface area (Å²) in [4.78, 5) is 0. The van der Waals surface area contributed by atoms with Crippen molar-refractivity contribution >= 4 is 0 Å². The molecule has 0 rings (SSSR count). The molecular weight excluding hydrogens is 592 g/mol. The Bertz CT molecular complexity index is 471. The van der Waals surface area contributed by atoms with E-state index in [1.54, 1.807) is 0 Å². The van der Waals surface area contributed by atoms with E-state index >= 15 is 0 Å². The summed E-state index contributed by atoms with van der Waals surface area (Å²) in [5.41, 5.74) is 0. The van der Waals surface area contributed by atoms with E-state index in [9.17, 15) is 0 Å². The first-order valence-corrected chi connectivity index (χ1v) is 18.7. The highest BCUT2D eigenvalue weighted by molar-refractivity contribution is 4.48. The molecule has 0 N–H and O–H groups in total. The molecule has 0 aromatic carbocycles. The van der Waals surface area contributed by atoms with Gasteiger partial charge in [0.1, 0.15) is 0 Å². The van der Waals surface area contributed by atoms with Gasteiger partial charge in [-0.25, -0.2) is 0 Å². The quantitative estimate of drug-likeness (QED) is 0.0659. The number of rotatable bonds is 43. The molecule has 0 spiro atoms. The number of hydrogen-bond acceptors (Lipinski definition) is 10. The van der Waals surface area contributed by atoms with Gasteiger partial charge >= 0.3 is 0 Å². The van der Waals surface area contributed by atoms with Crippen LogP contribution < -0.4 is 0 Å². The van der Waals surface area contributed by atoms with Crippen molar-refractivity contribution in [1.29, 1.82) is 0 Å². The highest BCUT2D eigenvalue weighted by atomic mass is 16.6. The maximum absolute atomic E-state index is 5.66. The van der Waals surface area contributed by atoms with Gasteiger partial charge in [0, 0.05) is 13.2 Å². The topological polar surface area (TPSA) is 92.3 Å². The van der Waals surface area contributed by atoms with Crippen LogP contribution in [0.25, 0.3) is 0 Å². The zero-order valence-electron chi connectivity index (χ0n) is 30.1. The Kier molecular flexibility index (Phi) is 44.2. The Morgan fingerprint density at radius 3 is 0.565 bits per heavy atom.